The molecule has 24 heavy (non-hydrogen) atoms. The zero-order valence-electron chi connectivity index (χ0n) is 15.8. The van der Waals surface area contributed by atoms with Gasteiger partial charge in [-0.1, -0.05) is 25.7 Å². The third-order valence-corrected chi connectivity index (χ3v) is 6.94. The summed E-state index contributed by atoms with van der Waals surface area (Å²) < 4.78 is 0. The van der Waals surface area contributed by atoms with Gasteiger partial charge in [0.2, 0.25) is 0 Å². The lowest BCUT2D eigenvalue weighted by atomic mass is 9.86. The van der Waals surface area contributed by atoms with Gasteiger partial charge in [0.25, 0.3) is 0 Å². The molecule has 0 radical (unpaired) electrons. The highest BCUT2D eigenvalue weighted by Crippen LogP contribution is 2.29. The molecule has 3 atom stereocenters. The van der Waals surface area contributed by atoms with Crippen molar-refractivity contribution < 1.29 is 5.11 Å². The van der Waals surface area contributed by atoms with Gasteiger partial charge in [-0.15, -0.1) is 0 Å². The summed E-state index contributed by atoms with van der Waals surface area (Å²) in [5, 5.41) is 13.1. The molecule has 2 aliphatic heterocycles. The first-order chi connectivity index (χ1) is 11.8. The van der Waals surface area contributed by atoms with Gasteiger partial charge in [0.15, 0.2) is 0 Å². The van der Waals surface area contributed by atoms with E-state index in [4.69, 9.17) is 0 Å². The van der Waals surface area contributed by atoms with Gasteiger partial charge < -0.3 is 10.4 Å². The second-order valence-corrected chi connectivity index (χ2v) is 8.43. The van der Waals surface area contributed by atoms with Crippen molar-refractivity contribution in [2.24, 2.45) is 5.92 Å². The minimum Gasteiger partial charge on any atom is -0.396 e. The summed E-state index contributed by atoms with van der Waals surface area (Å²) in [5.41, 5.74) is 0. The minimum atomic E-state index is 0.346. The lowest BCUT2D eigenvalue weighted by Gasteiger charge is -2.46. The zero-order chi connectivity index (χ0) is 16.8. The van der Waals surface area contributed by atoms with E-state index in [1.165, 1.54) is 77.4 Å². The second kappa shape index (κ2) is 9.51. The van der Waals surface area contributed by atoms with E-state index in [9.17, 15) is 5.11 Å². The highest BCUT2D eigenvalue weighted by atomic mass is 16.3. The SMILES string of the molecule is CN(C1CCCCC1)C1CNCCC1CN1CCCCC1CCO. The Morgan fingerprint density at radius 2 is 1.83 bits per heavy atom. The van der Waals surface area contributed by atoms with Crippen molar-refractivity contribution in [2.75, 3.05) is 39.8 Å². The Hall–Kier alpha value is -0.160. The fourth-order valence-corrected chi connectivity index (χ4v) is 5.42. The van der Waals surface area contributed by atoms with Crippen LogP contribution in [0.3, 0.4) is 0 Å². The lowest BCUT2D eigenvalue weighted by Crippen LogP contribution is -2.57. The number of hydrogen-bond acceptors (Lipinski definition) is 4. The largest absolute Gasteiger partial charge is 0.396 e. The van der Waals surface area contributed by atoms with Crippen molar-refractivity contribution in [3.05, 3.63) is 0 Å². The monoisotopic (exact) mass is 337 g/mol. The maximum Gasteiger partial charge on any atom is 0.0445 e. The molecular weight excluding hydrogens is 298 g/mol. The molecular formula is C20H39N3O. The highest BCUT2D eigenvalue weighted by molar-refractivity contribution is 4.91. The first-order valence-electron chi connectivity index (χ1n) is 10.6. The number of hydrogen-bond donors (Lipinski definition) is 2. The summed E-state index contributed by atoms with van der Waals surface area (Å²) in [4.78, 5) is 5.46. The van der Waals surface area contributed by atoms with Crippen molar-refractivity contribution in [3.63, 3.8) is 0 Å². The van der Waals surface area contributed by atoms with Crippen LogP contribution in [0.5, 0.6) is 0 Å². The molecule has 3 aliphatic rings. The van der Waals surface area contributed by atoms with Crippen LogP contribution in [-0.4, -0.2) is 72.9 Å². The molecule has 3 rings (SSSR count). The van der Waals surface area contributed by atoms with E-state index in [0.29, 0.717) is 18.7 Å². The predicted octanol–water partition coefficient (Wildman–Crippen LogP) is 2.47. The highest BCUT2D eigenvalue weighted by Gasteiger charge is 2.34. The van der Waals surface area contributed by atoms with Gasteiger partial charge >= 0.3 is 0 Å². The van der Waals surface area contributed by atoms with Crippen LogP contribution >= 0.6 is 0 Å². The van der Waals surface area contributed by atoms with Crippen LogP contribution in [0.2, 0.25) is 0 Å². The van der Waals surface area contributed by atoms with E-state index >= 15 is 0 Å². The quantitative estimate of drug-likeness (QED) is 0.781. The summed E-state index contributed by atoms with van der Waals surface area (Å²) in [5.74, 6) is 0.789. The van der Waals surface area contributed by atoms with Crippen LogP contribution in [-0.2, 0) is 0 Å². The molecule has 4 heteroatoms. The van der Waals surface area contributed by atoms with Gasteiger partial charge in [0, 0.05) is 37.8 Å². The molecule has 0 bridgehead atoms. The Bertz CT molecular complexity index is 357. The normalized spacial score (nSPS) is 33.9. The number of likely N-dealkylation sites (N-methyl/N-ethyl adjacent to an activating group) is 1. The Balaban J connectivity index is 1.60. The minimum absolute atomic E-state index is 0.346. The summed E-state index contributed by atoms with van der Waals surface area (Å²) in [6, 6.07) is 2.12. The van der Waals surface area contributed by atoms with Crippen molar-refractivity contribution >= 4 is 0 Å². The maximum atomic E-state index is 9.41. The molecule has 4 nitrogen and oxygen atoms in total. The van der Waals surface area contributed by atoms with E-state index < -0.39 is 0 Å². The average Bonchev–Trinajstić information content (AvgIpc) is 2.64. The Morgan fingerprint density at radius 3 is 2.62 bits per heavy atom. The fourth-order valence-electron chi connectivity index (χ4n) is 5.42. The molecule has 2 N–H and O–H groups in total. The molecule has 3 unspecified atom stereocenters. The average molecular weight is 338 g/mol. The zero-order valence-corrected chi connectivity index (χ0v) is 15.8. The van der Waals surface area contributed by atoms with Crippen LogP contribution in [0.1, 0.15) is 64.2 Å². The number of aliphatic hydroxyl groups excluding tert-OH is 1. The number of nitrogens with zero attached hydrogens (tertiary/aromatic N) is 2. The Labute approximate surface area is 149 Å². The van der Waals surface area contributed by atoms with Gasteiger partial charge in [0.1, 0.15) is 0 Å². The molecule has 0 spiro atoms. The van der Waals surface area contributed by atoms with Crippen molar-refractivity contribution in [1.82, 2.24) is 15.1 Å². The van der Waals surface area contributed by atoms with Crippen LogP contribution in [0.25, 0.3) is 0 Å². The van der Waals surface area contributed by atoms with Crippen molar-refractivity contribution in [1.29, 1.82) is 0 Å². The number of rotatable bonds is 6. The standard InChI is InChI=1S/C20H39N3O/c1-22(18-7-3-2-4-8-18)20-15-21-12-10-17(20)16-23-13-6-5-9-19(23)11-14-24/h17-21,24H,2-16H2,1H3. The Kier molecular flexibility index (Phi) is 7.38. The Morgan fingerprint density at radius 1 is 1.04 bits per heavy atom. The number of aliphatic hydroxyl groups is 1. The third-order valence-electron chi connectivity index (χ3n) is 6.94. The molecule has 1 aliphatic carbocycles. The molecule has 0 amide bonds. The molecule has 3 fully saturated rings. The van der Waals surface area contributed by atoms with E-state index in [1.807, 2.05) is 0 Å². The van der Waals surface area contributed by atoms with Crippen LogP contribution in [0, 0.1) is 5.92 Å². The summed E-state index contributed by atoms with van der Waals surface area (Å²) in [6.07, 6.45) is 13.3. The summed E-state index contributed by atoms with van der Waals surface area (Å²) in [7, 11) is 2.39. The molecule has 1 saturated carbocycles. The smallest absolute Gasteiger partial charge is 0.0445 e. The van der Waals surface area contributed by atoms with E-state index in [2.05, 4.69) is 22.2 Å². The van der Waals surface area contributed by atoms with E-state index in [0.717, 1.165) is 24.9 Å². The van der Waals surface area contributed by atoms with Crippen molar-refractivity contribution in [2.45, 2.75) is 82.3 Å². The van der Waals surface area contributed by atoms with Gasteiger partial charge in [0.05, 0.1) is 0 Å². The van der Waals surface area contributed by atoms with Crippen LogP contribution in [0.4, 0.5) is 0 Å². The molecule has 0 aromatic carbocycles. The predicted molar refractivity (Wildman–Crippen MR) is 100 cm³/mol. The fraction of sp³-hybridized carbons (Fsp3) is 1.00. The molecule has 2 saturated heterocycles. The topological polar surface area (TPSA) is 38.7 Å². The molecule has 0 aromatic rings. The molecule has 140 valence electrons. The maximum absolute atomic E-state index is 9.41. The van der Waals surface area contributed by atoms with Gasteiger partial charge in [-0.25, -0.2) is 0 Å². The molecule has 2 heterocycles. The summed E-state index contributed by atoms with van der Waals surface area (Å²) in [6.45, 7) is 5.18. The van der Waals surface area contributed by atoms with Gasteiger partial charge in [-0.05, 0) is 64.6 Å². The molecule has 0 aromatic heterocycles. The van der Waals surface area contributed by atoms with Crippen molar-refractivity contribution in [3.8, 4) is 0 Å². The van der Waals surface area contributed by atoms with Gasteiger partial charge in [-0.3, -0.25) is 9.80 Å². The second-order valence-electron chi connectivity index (χ2n) is 8.43. The van der Waals surface area contributed by atoms with E-state index in [1.54, 1.807) is 0 Å². The third kappa shape index (κ3) is 4.72. The van der Waals surface area contributed by atoms with Gasteiger partial charge in [-0.2, -0.15) is 0 Å². The lowest BCUT2D eigenvalue weighted by molar-refractivity contribution is 0.0371. The number of piperidine rings is 2. The summed E-state index contributed by atoms with van der Waals surface area (Å²) >= 11 is 0. The number of likely N-dealkylation sites (tertiary alicyclic amines) is 1. The van der Waals surface area contributed by atoms with Crippen LogP contribution < -0.4 is 5.32 Å². The van der Waals surface area contributed by atoms with E-state index in [-0.39, 0.29) is 0 Å². The first kappa shape index (κ1) is 18.6. The number of nitrogens with one attached hydrogen (secondary N) is 1. The first-order valence-corrected chi connectivity index (χ1v) is 10.6. The van der Waals surface area contributed by atoms with Crippen LogP contribution in [0.15, 0.2) is 0 Å².